The van der Waals surface area contributed by atoms with E-state index in [1.807, 2.05) is 4.68 Å². The molecule has 6 heteroatoms. The molecule has 1 aromatic heterocycles. The van der Waals surface area contributed by atoms with Gasteiger partial charge in [0.15, 0.2) is 0 Å². The first kappa shape index (κ1) is 15.1. The Hall–Kier alpha value is -1.79. The Morgan fingerprint density at radius 3 is 2.95 bits per heavy atom. The molecule has 0 radical (unpaired) electrons. The number of rotatable bonds is 5. The first-order valence-electron chi connectivity index (χ1n) is 7.73. The van der Waals surface area contributed by atoms with Crippen molar-refractivity contribution in [1.82, 2.24) is 19.7 Å². The van der Waals surface area contributed by atoms with Crippen molar-refractivity contribution in [3.63, 3.8) is 0 Å². The van der Waals surface area contributed by atoms with Gasteiger partial charge in [-0.1, -0.05) is 24.6 Å². The van der Waals surface area contributed by atoms with Crippen molar-refractivity contribution in [3.8, 4) is 0 Å². The molecule has 0 amide bonds. The summed E-state index contributed by atoms with van der Waals surface area (Å²) in [4.78, 5) is 6.21. The summed E-state index contributed by atoms with van der Waals surface area (Å²) in [5.41, 5.74) is 0.368. The summed E-state index contributed by atoms with van der Waals surface area (Å²) in [7, 11) is 0. The van der Waals surface area contributed by atoms with E-state index in [0.29, 0.717) is 18.2 Å². The van der Waals surface area contributed by atoms with Crippen LogP contribution in [0.5, 0.6) is 0 Å². The lowest BCUT2D eigenvalue weighted by Crippen LogP contribution is -2.44. The van der Waals surface area contributed by atoms with Gasteiger partial charge in [0.25, 0.3) is 0 Å². The van der Waals surface area contributed by atoms with Crippen LogP contribution in [0, 0.1) is 5.82 Å². The Morgan fingerprint density at radius 1 is 1.32 bits per heavy atom. The number of aliphatic hydroxyl groups excluding tert-OH is 1. The highest BCUT2D eigenvalue weighted by Gasteiger charge is 2.26. The minimum absolute atomic E-state index is 0.303. The molecule has 5 nitrogen and oxygen atoms in total. The van der Waals surface area contributed by atoms with Crippen LogP contribution in [0.2, 0.25) is 0 Å². The molecule has 1 fully saturated rings. The van der Waals surface area contributed by atoms with Crippen LogP contribution in [0.25, 0.3) is 0 Å². The van der Waals surface area contributed by atoms with Gasteiger partial charge in [-0.2, -0.15) is 5.10 Å². The lowest BCUT2D eigenvalue weighted by Gasteiger charge is -2.36. The topological polar surface area (TPSA) is 54.2 Å². The van der Waals surface area contributed by atoms with Crippen molar-refractivity contribution < 1.29 is 9.50 Å². The van der Waals surface area contributed by atoms with Crippen LogP contribution in [0.3, 0.4) is 0 Å². The van der Waals surface area contributed by atoms with Crippen molar-refractivity contribution in [2.45, 2.75) is 38.0 Å². The standard InChI is InChI=1S/C16H21FN4O/c17-15-7-2-1-6-14(15)16(22)10-20-8-4-3-5-13(20)9-21-12-18-11-19-21/h1-2,6-7,11-13,16,22H,3-5,8-10H2/t13-,16-/m0/s1. The number of halogens is 1. The largest absolute Gasteiger partial charge is 0.387 e. The average molecular weight is 304 g/mol. The van der Waals surface area contributed by atoms with E-state index >= 15 is 0 Å². The van der Waals surface area contributed by atoms with Crippen molar-refractivity contribution in [2.24, 2.45) is 0 Å². The zero-order chi connectivity index (χ0) is 15.4. The summed E-state index contributed by atoms with van der Waals surface area (Å²) in [6.07, 6.45) is 5.77. The number of β-amino-alcohol motifs (C(OH)–C–C–N with tert-alkyl or cyclic N) is 1. The Balaban J connectivity index is 1.67. The fourth-order valence-electron chi connectivity index (χ4n) is 3.12. The zero-order valence-corrected chi connectivity index (χ0v) is 12.5. The van der Waals surface area contributed by atoms with Crippen molar-refractivity contribution in [3.05, 3.63) is 48.3 Å². The lowest BCUT2D eigenvalue weighted by atomic mass is 10.00. The molecular formula is C16H21FN4O. The Kier molecular flexibility index (Phi) is 4.80. The van der Waals surface area contributed by atoms with Crippen molar-refractivity contribution in [1.29, 1.82) is 0 Å². The Bertz CT molecular complexity index is 590. The van der Waals surface area contributed by atoms with Crippen LogP contribution in [0.1, 0.15) is 30.9 Å². The minimum Gasteiger partial charge on any atom is -0.387 e. The van der Waals surface area contributed by atoms with E-state index in [4.69, 9.17) is 0 Å². The number of hydrogen-bond acceptors (Lipinski definition) is 4. The molecule has 1 N–H and O–H groups in total. The summed E-state index contributed by atoms with van der Waals surface area (Å²) < 4.78 is 15.6. The average Bonchev–Trinajstić information content (AvgIpc) is 3.02. The summed E-state index contributed by atoms with van der Waals surface area (Å²) >= 11 is 0. The third-order valence-electron chi connectivity index (χ3n) is 4.29. The number of benzene rings is 1. The lowest BCUT2D eigenvalue weighted by molar-refractivity contribution is 0.0574. The van der Waals surface area contributed by atoms with E-state index in [1.165, 1.54) is 18.8 Å². The van der Waals surface area contributed by atoms with Gasteiger partial charge in [-0.3, -0.25) is 9.58 Å². The van der Waals surface area contributed by atoms with Crippen LogP contribution < -0.4 is 0 Å². The molecule has 1 aliphatic heterocycles. The van der Waals surface area contributed by atoms with Crippen LogP contribution in [-0.4, -0.2) is 43.9 Å². The molecule has 22 heavy (non-hydrogen) atoms. The fourth-order valence-corrected chi connectivity index (χ4v) is 3.12. The summed E-state index contributed by atoms with van der Waals surface area (Å²) in [5, 5.41) is 14.5. The van der Waals surface area contributed by atoms with Gasteiger partial charge in [-0.25, -0.2) is 9.37 Å². The van der Waals surface area contributed by atoms with E-state index in [-0.39, 0.29) is 5.82 Å². The molecule has 2 heterocycles. The van der Waals surface area contributed by atoms with Gasteiger partial charge in [0.05, 0.1) is 12.6 Å². The number of piperidine rings is 1. The highest BCUT2D eigenvalue weighted by Crippen LogP contribution is 2.23. The van der Waals surface area contributed by atoms with E-state index in [1.54, 1.807) is 24.5 Å². The van der Waals surface area contributed by atoms with Crippen LogP contribution in [0.15, 0.2) is 36.9 Å². The molecule has 1 aliphatic rings. The molecule has 0 unspecified atom stereocenters. The SMILES string of the molecule is O[C@@H](CN1CCCC[C@H]1Cn1cncn1)c1ccccc1F. The second-order valence-electron chi connectivity index (χ2n) is 5.80. The van der Waals surface area contributed by atoms with Gasteiger partial charge in [0, 0.05) is 18.2 Å². The molecule has 0 bridgehead atoms. The second-order valence-corrected chi connectivity index (χ2v) is 5.80. The van der Waals surface area contributed by atoms with Crippen LogP contribution >= 0.6 is 0 Å². The van der Waals surface area contributed by atoms with Crippen molar-refractivity contribution >= 4 is 0 Å². The maximum Gasteiger partial charge on any atom is 0.137 e. The van der Waals surface area contributed by atoms with E-state index in [2.05, 4.69) is 15.0 Å². The third kappa shape index (κ3) is 3.51. The molecular weight excluding hydrogens is 283 g/mol. The molecule has 0 saturated carbocycles. The van der Waals surface area contributed by atoms with Crippen LogP contribution in [0.4, 0.5) is 4.39 Å². The van der Waals surface area contributed by atoms with Gasteiger partial charge in [0.1, 0.15) is 18.5 Å². The maximum atomic E-state index is 13.8. The number of aromatic nitrogens is 3. The summed E-state index contributed by atoms with van der Waals surface area (Å²) in [6, 6.07) is 6.74. The number of nitrogens with zero attached hydrogens (tertiary/aromatic N) is 4. The van der Waals surface area contributed by atoms with Crippen LogP contribution in [-0.2, 0) is 6.54 Å². The number of hydrogen-bond donors (Lipinski definition) is 1. The van der Waals surface area contributed by atoms with Gasteiger partial charge >= 0.3 is 0 Å². The van der Waals surface area contributed by atoms with E-state index in [0.717, 1.165) is 25.9 Å². The highest BCUT2D eigenvalue weighted by molar-refractivity contribution is 5.20. The van der Waals surface area contributed by atoms with E-state index < -0.39 is 6.10 Å². The van der Waals surface area contributed by atoms with Gasteiger partial charge in [-0.15, -0.1) is 0 Å². The molecule has 1 aromatic carbocycles. The molecule has 2 aromatic rings. The molecule has 1 saturated heterocycles. The molecule has 2 atom stereocenters. The van der Waals surface area contributed by atoms with Gasteiger partial charge < -0.3 is 5.11 Å². The first-order valence-corrected chi connectivity index (χ1v) is 7.73. The second kappa shape index (κ2) is 6.98. The molecule has 118 valence electrons. The predicted octanol–water partition coefficient (Wildman–Crippen LogP) is 2.01. The smallest absolute Gasteiger partial charge is 0.137 e. The maximum absolute atomic E-state index is 13.8. The van der Waals surface area contributed by atoms with Crippen molar-refractivity contribution in [2.75, 3.05) is 13.1 Å². The van der Waals surface area contributed by atoms with Gasteiger partial charge in [-0.05, 0) is 25.5 Å². The summed E-state index contributed by atoms with van der Waals surface area (Å²) in [5.74, 6) is -0.347. The molecule has 0 spiro atoms. The predicted molar refractivity (Wildman–Crippen MR) is 80.6 cm³/mol. The monoisotopic (exact) mass is 304 g/mol. The third-order valence-corrected chi connectivity index (χ3v) is 4.29. The molecule has 0 aliphatic carbocycles. The number of aliphatic hydroxyl groups is 1. The Labute approximate surface area is 129 Å². The zero-order valence-electron chi connectivity index (χ0n) is 12.5. The first-order chi connectivity index (χ1) is 10.7. The number of likely N-dealkylation sites (tertiary alicyclic amines) is 1. The normalized spacial score (nSPS) is 20.9. The molecule has 3 rings (SSSR count). The summed E-state index contributed by atoms with van der Waals surface area (Å²) in [6.45, 7) is 2.12. The minimum atomic E-state index is -0.808. The Morgan fingerprint density at radius 2 is 2.18 bits per heavy atom. The van der Waals surface area contributed by atoms with Gasteiger partial charge in [0.2, 0.25) is 0 Å². The fraction of sp³-hybridized carbons (Fsp3) is 0.500. The van der Waals surface area contributed by atoms with E-state index in [9.17, 15) is 9.50 Å². The highest BCUT2D eigenvalue weighted by atomic mass is 19.1. The quantitative estimate of drug-likeness (QED) is 0.918.